The fourth-order valence-electron chi connectivity index (χ4n) is 4.23. The smallest absolute Gasteiger partial charge is 0.320 e. The van der Waals surface area contributed by atoms with E-state index in [0.29, 0.717) is 36.6 Å². The van der Waals surface area contributed by atoms with Gasteiger partial charge in [-0.1, -0.05) is 25.0 Å². The van der Waals surface area contributed by atoms with Crippen molar-refractivity contribution in [2.45, 2.75) is 39.5 Å². The van der Waals surface area contributed by atoms with Crippen molar-refractivity contribution in [2.24, 2.45) is 5.92 Å². The van der Waals surface area contributed by atoms with Crippen LogP contribution in [0.3, 0.4) is 0 Å². The summed E-state index contributed by atoms with van der Waals surface area (Å²) >= 11 is 0. The van der Waals surface area contributed by atoms with Gasteiger partial charge in [0.15, 0.2) is 11.5 Å². The molecule has 0 radical (unpaired) electrons. The van der Waals surface area contributed by atoms with Crippen molar-refractivity contribution in [3.8, 4) is 17.2 Å². The highest BCUT2D eigenvalue weighted by molar-refractivity contribution is 5.96. The maximum Gasteiger partial charge on any atom is 0.320 e. The summed E-state index contributed by atoms with van der Waals surface area (Å²) in [5.41, 5.74) is 8.81. The fraction of sp³-hybridized carbons (Fsp3) is 0.345. The third kappa shape index (κ3) is 6.39. The van der Waals surface area contributed by atoms with Gasteiger partial charge in [0.1, 0.15) is 11.3 Å². The zero-order chi connectivity index (χ0) is 26.2. The molecule has 0 bridgehead atoms. The van der Waals surface area contributed by atoms with Gasteiger partial charge >= 0.3 is 11.9 Å². The summed E-state index contributed by atoms with van der Waals surface area (Å²) in [6.45, 7) is 4.44. The van der Waals surface area contributed by atoms with E-state index in [1.54, 1.807) is 26.0 Å². The quantitative estimate of drug-likeness (QED) is 0.110. The summed E-state index contributed by atoms with van der Waals surface area (Å²) in [5.74, 6) is -0.590. The molecule has 2 N–H and O–H groups in total. The maximum absolute atomic E-state index is 12.1. The Kier molecular flexibility index (Phi) is 8.61. The number of esters is 2. The van der Waals surface area contributed by atoms with Crippen LogP contribution in [-0.4, -0.2) is 36.7 Å². The summed E-state index contributed by atoms with van der Waals surface area (Å²) in [6.07, 6.45) is 2.71. The summed E-state index contributed by atoms with van der Waals surface area (Å²) in [4.78, 5) is 28.8. The third-order valence-electron chi connectivity index (χ3n) is 6.04. The van der Waals surface area contributed by atoms with Gasteiger partial charge in [0.2, 0.25) is 5.89 Å². The largest absolute Gasteiger partial charge is 0.494 e. The second-order valence-electron chi connectivity index (χ2n) is 8.69. The normalized spacial score (nSPS) is 11.2. The average Bonchev–Trinajstić information content (AvgIpc) is 3.31. The lowest BCUT2D eigenvalue weighted by Gasteiger charge is -2.14. The number of rotatable bonds is 12. The van der Waals surface area contributed by atoms with E-state index in [1.807, 2.05) is 42.5 Å². The fourth-order valence-corrected chi connectivity index (χ4v) is 4.23. The molecule has 0 aliphatic carbocycles. The SMILES string of the molecule is CCOC(=O)C(CCCCCOc1ccc2c(-c3nc4ccc(N)cc4o3)cccc2c1)C(=O)OCC. The Morgan fingerprint density at radius 3 is 2.49 bits per heavy atom. The highest BCUT2D eigenvalue weighted by Gasteiger charge is 2.28. The van der Waals surface area contributed by atoms with E-state index in [1.165, 1.54) is 0 Å². The number of nitrogens with two attached hydrogens (primary N) is 1. The lowest BCUT2D eigenvalue weighted by molar-refractivity contribution is -0.161. The molecule has 4 rings (SSSR count). The number of carbonyl (C=O) groups is 2. The molecular formula is C29H32N2O6. The van der Waals surface area contributed by atoms with Gasteiger partial charge in [-0.2, -0.15) is 0 Å². The van der Waals surface area contributed by atoms with Crippen LogP contribution in [0.2, 0.25) is 0 Å². The van der Waals surface area contributed by atoms with Gasteiger partial charge in [0.25, 0.3) is 0 Å². The van der Waals surface area contributed by atoms with Crippen molar-refractivity contribution in [3.63, 3.8) is 0 Å². The van der Waals surface area contributed by atoms with Crippen LogP contribution in [-0.2, 0) is 19.1 Å². The standard InChI is InChI=1S/C29H32N2O6/c1-3-34-28(32)24(29(33)35-4-2)10-6-5-7-16-36-21-13-14-22-19(17-21)9-8-11-23(22)27-31-25-15-12-20(30)18-26(25)37-27/h8-9,11-15,17-18,24H,3-7,10,16,30H2,1-2H3. The number of hydrogen-bond acceptors (Lipinski definition) is 8. The van der Waals surface area contributed by atoms with Gasteiger partial charge in [0, 0.05) is 17.3 Å². The van der Waals surface area contributed by atoms with Crippen LogP contribution in [0.4, 0.5) is 5.69 Å². The number of oxazole rings is 1. The van der Waals surface area contributed by atoms with Crippen LogP contribution in [0.1, 0.15) is 39.5 Å². The van der Waals surface area contributed by atoms with E-state index >= 15 is 0 Å². The van der Waals surface area contributed by atoms with Crippen LogP contribution in [0.15, 0.2) is 59.0 Å². The maximum atomic E-state index is 12.1. The van der Waals surface area contributed by atoms with Gasteiger partial charge in [-0.3, -0.25) is 9.59 Å². The first-order valence-corrected chi connectivity index (χ1v) is 12.7. The number of benzene rings is 3. The van der Waals surface area contributed by atoms with Gasteiger partial charge in [-0.15, -0.1) is 0 Å². The van der Waals surface area contributed by atoms with Gasteiger partial charge in [0.05, 0.1) is 19.8 Å². The van der Waals surface area contributed by atoms with E-state index < -0.39 is 17.9 Å². The van der Waals surface area contributed by atoms with Crippen molar-refractivity contribution >= 4 is 39.5 Å². The number of carbonyl (C=O) groups excluding carboxylic acids is 2. The molecule has 1 aromatic heterocycles. The van der Waals surface area contributed by atoms with Gasteiger partial charge in [-0.25, -0.2) is 4.98 Å². The Bertz CT molecular complexity index is 1360. The first kappa shape index (κ1) is 26.0. The van der Waals surface area contributed by atoms with Crippen LogP contribution in [0.25, 0.3) is 33.3 Å². The van der Waals surface area contributed by atoms with Crippen LogP contribution >= 0.6 is 0 Å². The number of nitrogens with zero attached hydrogens (tertiary/aromatic N) is 1. The Balaban J connectivity index is 1.33. The molecule has 0 saturated heterocycles. The molecule has 0 aliphatic rings. The van der Waals surface area contributed by atoms with Crippen LogP contribution in [0, 0.1) is 5.92 Å². The first-order chi connectivity index (χ1) is 18.0. The minimum atomic E-state index is -0.867. The highest BCUT2D eigenvalue weighted by Crippen LogP contribution is 2.33. The number of ether oxygens (including phenoxy) is 3. The molecule has 0 amide bonds. The summed E-state index contributed by atoms with van der Waals surface area (Å²) in [7, 11) is 0. The van der Waals surface area contributed by atoms with Crippen molar-refractivity contribution in [1.29, 1.82) is 0 Å². The zero-order valence-corrected chi connectivity index (χ0v) is 21.2. The lowest BCUT2D eigenvalue weighted by Crippen LogP contribution is -2.28. The molecule has 194 valence electrons. The zero-order valence-electron chi connectivity index (χ0n) is 21.2. The molecule has 0 saturated carbocycles. The topological polar surface area (TPSA) is 114 Å². The van der Waals surface area contributed by atoms with Crippen molar-refractivity contribution in [2.75, 3.05) is 25.6 Å². The van der Waals surface area contributed by atoms with Crippen LogP contribution in [0.5, 0.6) is 5.75 Å². The Morgan fingerprint density at radius 1 is 0.946 bits per heavy atom. The summed E-state index contributed by atoms with van der Waals surface area (Å²) in [6, 6.07) is 17.3. The lowest BCUT2D eigenvalue weighted by atomic mass is 10.0. The van der Waals surface area contributed by atoms with Crippen molar-refractivity contribution in [3.05, 3.63) is 54.6 Å². The number of nitrogen functional groups attached to an aromatic ring is 1. The van der Waals surface area contributed by atoms with Gasteiger partial charge in [-0.05, 0) is 73.9 Å². The summed E-state index contributed by atoms with van der Waals surface area (Å²) in [5, 5.41) is 2.03. The monoisotopic (exact) mass is 504 g/mol. The van der Waals surface area contributed by atoms with E-state index in [0.717, 1.165) is 40.4 Å². The number of hydrogen-bond donors (Lipinski definition) is 1. The second-order valence-corrected chi connectivity index (χ2v) is 8.69. The molecule has 8 nitrogen and oxygen atoms in total. The van der Waals surface area contributed by atoms with Crippen molar-refractivity contribution in [1.82, 2.24) is 4.98 Å². The molecule has 8 heteroatoms. The molecular weight excluding hydrogens is 472 g/mol. The van der Waals surface area contributed by atoms with E-state index in [2.05, 4.69) is 4.98 Å². The predicted octanol–water partition coefficient (Wildman–Crippen LogP) is 5.91. The molecule has 37 heavy (non-hydrogen) atoms. The molecule has 0 spiro atoms. The molecule has 0 unspecified atom stereocenters. The Labute approximate surface area is 215 Å². The number of aromatic nitrogens is 1. The third-order valence-corrected chi connectivity index (χ3v) is 6.04. The molecule has 0 fully saturated rings. The summed E-state index contributed by atoms with van der Waals surface area (Å²) < 4.78 is 22.0. The van der Waals surface area contributed by atoms with E-state index in [9.17, 15) is 9.59 Å². The molecule has 0 aliphatic heterocycles. The first-order valence-electron chi connectivity index (χ1n) is 12.7. The highest BCUT2D eigenvalue weighted by atomic mass is 16.6. The molecule has 3 aromatic carbocycles. The predicted molar refractivity (Wildman–Crippen MR) is 142 cm³/mol. The van der Waals surface area contributed by atoms with E-state index in [4.69, 9.17) is 24.4 Å². The molecule has 0 atom stereocenters. The second kappa shape index (κ2) is 12.3. The van der Waals surface area contributed by atoms with Crippen molar-refractivity contribution < 1.29 is 28.2 Å². The number of fused-ring (bicyclic) bond motifs is 2. The van der Waals surface area contributed by atoms with Gasteiger partial charge < -0.3 is 24.4 Å². The average molecular weight is 505 g/mol. The minimum Gasteiger partial charge on any atom is -0.494 e. The number of unbranched alkanes of at least 4 members (excludes halogenated alkanes) is 2. The minimum absolute atomic E-state index is 0.236. The Hall–Kier alpha value is -4.07. The molecule has 4 aromatic rings. The van der Waals surface area contributed by atoms with Crippen LogP contribution < -0.4 is 10.5 Å². The Morgan fingerprint density at radius 2 is 1.73 bits per heavy atom. The molecule has 1 heterocycles. The van der Waals surface area contributed by atoms with E-state index in [-0.39, 0.29) is 13.2 Å². The number of anilines is 1.